The fraction of sp³-hybridized carbons (Fsp3) is 0.733. The summed E-state index contributed by atoms with van der Waals surface area (Å²) in [5.41, 5.74) is 0. The Morgan fingerprint density at radius 2 is 1.85 bits per heavy atom. The summed E-state index contributed by atoms with van der Waals surface area (Å²) < 4.78 is 5.21. The number of carbonyl (C=O) groups excluding carboxylic acids is 1. The number of rotatable bonds is 6. The van der Waals surface area contributed by atoms with E-state index in [0.29, 0.717) is 37.3 Å². The normalized spacial score (nSPS) is 27.1. The van der Waals surface area contributed by atoms with E-state index in [1.807, 2.05) is 0 Å². The van der Waals surface area contributed by atoms with Crippen LogP contribution in [0.1, 0.15) is 38.5 Å². The van der Waals surface area contributed by atoms with Crippen molar-refractivity contribution in [2.75, 3.05) is 13.2 Å². The maximum absolute atomic E-state index is 11.5. The Kier molecular flexibility index (Phi) is 5.28. The van der Waals surface area contributed by atoms with E-state index in [-0.39, 0.29) is 6.42 Å². The van der Waals surface area contributed by atoms with E-state index in [4.69, 9.17) is 9.84 Å². The van der Waals surface area contributed by atoms with Gasteiger partial charge < -0.3 is 15.2 Å². The second-order valence-electron chi connectivity index (χ2n) is 5.44. The smallest absolute Gasteiger partial charge is 0.407 e. The molecule has 110 valence electrons. The quantitative estimate of drug-likeness (QED) is 0.576. The Hall–Kier alpha value is -1.70. The molecule has 0 heterocycles. The van der Waals surface area contributed by atoms with Gasteiger partial charge >= 0.3 is 12.1 Å². The van der Waals surface area contributed by atoms with Crippen molar-refractivity contribution in [1.82, 2.24) is 5.32 Å². The van der Waals surface area contributed by atoms with E-state index >= 15 is 0 Å². The molecule has 2 rings (SSSR count). The van der Waals surface area contributed by atoms with Gasteiger partial charge in [-0.2, -0.15) is 0 Å². The van der Waals surface area contributed by atoms with Gasteiger partial charge in [-0.05, 0) is 37.0 Å². The summed E-state index contributed by atoms with van der Waals surface area (Å²) in [5.74, 6) is 7.29. The number of amides is 1. The predicted octanol–water partition coefficient (Wildman–Crippen LogP) is 2.02. The second kappa shape index (κ2) is 7.18. The first-order chi connectivity index (χ1) is 9.68. The van der Waals surface area contributed by atoms with Gasteiger partial charge in [0.15, 0.2) is 0 Å². The Balaban J connectivity index is 1.57. The summed E-state index contributed by atoms with van der Waals surface area (Å²) >= 11 is 0. The van der Waals surface area contributed by atoms with Gasteiger partial charge in [-0.3, -0.25) is 4.79 Å². The van der Waals surface area contributed by atoms with Crippen molar-refractivity contribution in [1.29, 1.82) is 0 Å². The Labute approximate surface area is 119 Å². The summed E-state index contributed by atoms with van der Waals surface area (Å²) in [6.07, 6.45) is 4.20. The number of hydrogen-bond acceptors (Lipinski definition) is 3. The molecule has 0 spiro atoms. The molecule has 3 atom stereocenters. The average molecular weight is 279 g/mol. The Morgan fingerprint density at radius 3 is 2.45 bits per heavy atom. The molecule has 0 bridgehead atoms. The highest BCUT2D eigenvalue weighted by Crippen LogP contribution is 2.52. The lowest BCUT2D eigenvalue weighted by molar-refractivity contribution is -0.137. The minimum atomic E-state index is -0.850. The third-order valence-corrected chi connectivity index (χ3v) is 4.08. The van der Waals surface area contributed by atoms with Gasteiger partial charge in [0, 0.05) is 25.8 Å². The molecule has 0 aromatic rings. The van der Waals surface area contributed by atoms with Crippen molar-refractivity contribution in [3.63, 3.8) is 0 Å². The first-order valence-corrected chi connectivity index (χ1v) is 7.26. The topological polar surface area (TPSA) is 75.6 Å². The van der Waals surface area contributed by atoms with Crippen LogP contribution in [-0.2, 0) is 9.53 Å². The van der Waals surface area contributed by atoms with Crippen molar-refractivity contribution >= 4 is 12.1 Å². The highest BCUT2D eigenvalue weighted by atomic mass is 16.5. The fourth-order valence-corrected chi connectivity index (χ4v) is 2.94. The van der Waals surface area contributed by atoms with Gasteiger partial charge in [0.2, 0.25) is 0 Å². The molecule has 20 heavy (non-hydrogen) atoms. The lowest BCUT2D eigenvalue weighted by Gasteiger charge is -2.06. The summed E-state index contributed by atoms with van der Waals surface area (Å²) in [6, 6.07) is 0. The van der Waals surface area contributed by atoms with Gasteiger partial charge in [0.1, 0.15) is 0 Å². The Bertz CT molecular complexity index is 405. The van der Waals surface area contributed by atoms with Crippen LogP contribution >= 0.6 is 0 Å². The molecule has 1 amide bonds. The standard InChI is InChI=1S/C15H21NO4/c17-14(18)8-5-9-16-15(19)20-10-13-11-6-3-1-2-4-7-12(11)13/h11-13H,3-10H2,(H,16,19)(H,17,18)/t11-,12+,13?. The molecule has 0 radical (unpaired) electrons. The van der Waals surface area contributed by atoms with E-state index < -0.39 is 12.1 Å². The van der Waals surface area contributed by atoms with Crippen LogP contribution in [0.15, 0.2) is 0 Å². The summed E-state index contributed by atoms with van der Waals surface area (Å²) in [7, 11) is 0. The van der Waals surface area contributed by atoms with E-state index in [2.05, 4.69) is 17.2 Å². The highest BCUT2D eigenvalue weighted by molar-refractivity contribution is 5.68. The van der Waals surface area contributed by atoms with Crippen molar-refractivity contribution in [3.8, 4) is 11.8 Å². The predicted molar refractivity (Wildman–Crippen MR) is 72.9 cm³/mol. The minimum absolute atomic E-state index is 0.0626. The van der Waals surface area contributed by atoms with Crippen molar-refractivity contribution in [3.05, 3.63) is 0 Å². The number of fused-ring (bicyclic) bond motifs is 1. The average Bonchev–Trinajstić information content (AvgIpc) is 3.02. The van der Waals surface area contributed by atoms with Gasteiger partial charge in [-0.15, -0.1) is 11.8 Å². The third kappa shape index (κ3) is 4.44. The second-order valence-corrected chi connectivity index (χ2v) is 5.44. The van der Waals surface area contributed by atoms with Crippen LogP contribution in [0.25, 0.3) is 0 Å². The van der Waals surface area contributed by atoms with Gasteiger partial charge in [0.05, 0.1) is 6.61 Å². The van der Waals surface area contributed by atoms with Gasteiger partial charge in [-0.1, -0.05) is 0 Å². The lowest BCUT2D eigenvalue weighted by Crippen LogP contribution is -2.26. The zero-order valence-electron chi connectivity index (χ0n) is 11.6. The monoisotopic (exact) mass is 279 g/mol. The first-order valence-electron chi connectivity index (χ1n) is 7.26. The molecule has 5 nitrogen and oxygen atoms in total. The van der Waals surface area contributed by atoms with Crippen molar-refractivity contribution in [2.24, 2.45) is 17.8 Å². The van der Waals surface area contributed by atoms with Gasteiger partial charge in [0.25, 0.3) is 0 Å². The Morgan fingerprint density at radius 1 is 1.20 bits per heavy atom. The molecule has 0 saturated heterocycles. The van der Waals surface area contributed by atoms with Crippen molar-refractivity contribution in [2.45, 2.75) is 38.5 Å². The molecule has 2 aliphatic rings. The molecule has 5 heteroatoms. The summed E-state index contributed by atoms with van der Waals surface area (Å²) in [5, 5.41) is 11.1. The van der Waals surface area contributed by atoms with E-state index in [9.17, 15) is 9.59 Å². The largest absolute Gasteiger partial charge is 0.481 e. The fourth-order valence-electron chi connectivity index (χ4n) is 2.94. The summed E-state index contributed by atoms with van der Waals surface area (Å²) in [6.45, 7) is 0.816. The van der Waals surface area contributed by atoms with Crippen LogP contribution < -0.4 is 5.32 Å². The van der Waals surface area contributed by atoms with Crippen LogP contribution in [0.4, 0.5) is 4.79 Å². The molecule has 1 unspecified atom stereocenters. The van der Waals surface area contributed by atoms with Crippen LogP contribution in [0, 0.1) is 29.6 Å². The molecule has 2 N–H and O–H groups in total. The molecular formula is C15H21NO4. The summed E-state index contributed by atoms with van der Waals surface area (Å²) in [4.78, 5) is 21.8. The van der Waals surface area contributed by atoms with E-state index in [0.717, 1.165) is 25.7 Å². The minimum Gasteiger partial charge on any atom is -0.481 e. The van der Waals surface area contributed by atoms with Crippen LogP contribution in [0.5, 0.6) is 0 Å². The van der Waals surface area contributed by atoms with Gasteiger partial charge in [-0.25, -0.2) is 4.79 Å². The van der Waals surface area contributed by atoms with E-state index in [1.54, 1.807) is 0 Å². The highest BCUT2D eigenvalue weighted by Gasteiger charge is 2.49. The van der Waals surface area contributed by atoms with Crippen LogP contribution in [0.2, 0.25) is 0 Å². The number of carboxylic acids is 1. The zero-order valence-corrected chi connectivity index (χ0v) is 11.6. The molecule has 2 aliphatic carbocycles. The molecule has 0 aromatic heterocycles. The molecule has 0 aliphatic heterocycles. The SMILES string of the molecule is O=C(O)CCCNC(=O)OCC1[C@H]2CCC#CCC[C@@H]12. The number of alkyl carbamates (subject to hydrolysis) is 1. The number of ether oxygens (including phenoxy) is 1. The van der Waals surface area contributed by atoms with Crippen molar-refractivity contribution < 1.29 is 19.4 Å². The maximum atomic E-state index is 11.5. The molecule has 0 aromatic carbocycles. The lowest BCUT2D eigenvalue weighted by atomic mass is 10.1. The third-order valence-electron chi connectivity index (χ3n) is 4.08. The number of carbonyl (C=O) groups is 2. The number of carboxylic acid groups (broad SMARTS) is 1. The molecular weight excluding hydrogens is 258 g/mol. The number of nitrogens with one attached hydrogen (secondary N) is 1. The maximum Gasteiger partial charge on any atom is 0.407 e. The van der Waals surface area contributed by atoms with E-state index in [1.165, 1.54) is 0 Å². The molecule has 1 fully saturated rings. The first kappa shape index (κ1) is 14.7. The zero-order chi connectivity index (χ0) is 14.4. The molecule has 1 saturated carbocycles. The number of hydrogen-bond donors (Lipinski definition) is 2. The number of aliphatic carboxylic acids is 1. The van der Waals surface area contributed by atoms with Crippen LogP contribution in [0.3, 0.4) is 0 Å². The van der Waals surface area contributed by atoms with Crippen LogP contribution in [-0.4, -0.2) is 30.3 Å².